The molecule has 2 amide bonds. The molecule has 6 aromatic carbocycles. The summed E-state index contributed by atoms with van der Waals surface area (Å²) >= 11 is 1.95. The number of thioether (sulfide) groups is 1. The molecule has 16 nitrogen and oxygen atoms in total. The minimum atomic E-state index is -0.370. The van der Waals surface area contributed by atoms with Gasteiger partial charge >= 0.3 is 6.03 Å². The van der Waals surface area contributed by atoms with Crippen LogP contribution >= 0.6 is 11.8 Å². The number of urea groups is 1. The Morgan fingerprint density at radius 3 is 1.92 bits per heavy atom. The molecular weight excluding hydrogens is 1230 g/mol. The summed E-state index contributed by atoms with van der Waals surface area (Å²) in [4.78, 5) is 33.5. The van der Waals surface area contributed by atoms with Gasteiger partial charge in [-0.25, -0.2) is 4.79 Å². The summed E-state index contributed by atoms with van der Waals surface area (Å²) < 4.78 is 7.23. The molecular formula is C71H94N12Ni2O4S. The summed E-state index contributed by atoms with van der Waals surface area (Å²) in [6.07, 6.45) is 13.8. The quantitative estimate of drug-likeness (QED) is 0.00970. The van der Waals surface area contributed by atoms with Crippen LogP contribution in [0.3, 0.4) is 0 Å². The van der Waals surface area contributed by atoms with E-state index in [0.717, 1.165) is 104 Å². The number of rotatable bonds is 30. The second-order valence-corrected chi connectivity index (χ2v) is 25.9. The van der Waals surface area contributed by atoms with Gasteiger partial charge in [0.15, 0.2) is 0 Å². The van der Waals surface area contributed by atoms with E-state index in [4.69, 9.17) is 31.2 Å². The summed E-state index contributed by atoms with van der Waals surface area (Å²) in [5, 5.41) is 31.0. The number of hydrogen-bond acceptors (Lipinski definition) is 11. The van der Waals surface area contributed by atoms with Gasteiger partial charge in [-0.05, 0) is 136 Å². The van der Waals surface area contributed by atoms with E-state index >= 15 is 0 Å². The van der Waals surface area contributed by atoms with Crippen molar-refractivity contribution in [2.24, 2.45) is 20.0 Å². The minimum Gasteiger partial charge on any atom is -0.698 e. The van der Waals surface area contributed by atoms with Crippen molar-refractivity contribution in [2.45, 2.75) is 94.3 Å². The molecule has 0 spiro atoms. The Bertz CT molecular complexity index is 3220. The first-order valence-corrected chi connectivity index (χ1v) is 31.8. The number of carbonyl (C=O) groups is 1. The number of phenolic OH excluding ortho intramolecular Hbond substituents is 2. The summed E-state index contributed by atoms with van der Waals surface area (Å²) in [6.45, 7) is 12.3. The molecule has 0 radical (unpaired) electrons. The monoisotopic (exact) mass is 1330 g/mol. The fourth-order valence-electron chi connectivity index (χ4n) is 10.3. The van der Waals surface area contributed by atoms with Crippen molar-refractivity contribution in [3.63, 3.8) is 0 Å². The van der Waals surface area contributed by atoms with Gasteiger partial charge in [-0.2, -0.15) is 11.8 Å². The molecule has 0 aliphatic carbocycles. The number of ether oxygens (including phenoxy) is 1. The Kier molecular flexibility index (Phi) is 29.6. The maximum atomic E-state index is 11.6. The van der Waals surface area contributed by atoms with E-state index in [1.54, 1.807) is 49.1 Å². The van der Waals surface area contributed by atoms with E-state index in [9.17, 15) is 15.0 Å². The number of unbranched alkanes of at least 4 members (excludes halogenated alkanes) is 1. The van der Waals surface area contributed by atoms with E-state index < -0.39 is 0 Å². The van der Waals surface area contributed by atoms with E-state index in [0.29, 0.717) is 55.6 Å². The van der Waals surface area contributed by atoms with E-state index in [-0.39, 0.29) is 80.7 Å². The van der Waals surface area contributed by atoms with Crippen LogP contribution in [0.4, 0.5) is 27.5 Å². The first-order chi connectivity index (χ1) is 42.1. The molecule has 2 heterocycles. The number of aromatic hydroxyl groups is 2. The number of allylic oxidation sites excluding steroid dienone is 1. The number of aryl methyl sites for hydroxylation is 1. The molecule has 90 heavy (non-hydrogen) atoms. The topological polar surface area (TPSA) is 203 Å². The first-order valence-electron chi connectivity index (χ1n) is 30.7. The number of amides is 2. The molecule has 2 aliphatic rings. The zero-order valence-corrected chi connectivity index (χ0v) is 56.5. The van der Waals surface area contributed by atoms with E-state index in [1.165, 1.54) is 11.4 Å². The van der Waals surface area contributed by atoms with Crippen LogP contribution in [0.5, 0.6) is 17.2 Å². The third-order valence-corrected chi connectivity index (χ3v) is 17.4. The van der Waals surface area contributed by atoms with Crippen molar-refractivity contribution in [1.82, 2.24) is 29.8 Å². The average Bonchev–Trinajstić information content (AvgIpc) is 1.65. The molecule has 2 aliphatic heterocycles. The second kappa shape index (κ2) is 36.2. The zero-order valence-electron chi connectivity index (χ0n) is 53.8. The molecule has 19 heteroatoms. The summed E-state index contributed by atoms with van der Waals surface area (Å²) in [7, 11) is 14.9. The Morgan fingerprint density at radius 2 is 1.31 bits per heavy atom. The van der Waals surface area contributed by atoms with Crippen molar-refractivity contribution in [3.8, 4) is 17.2 Å². The normalized spacial score (nSPS) is 16.6. The smallest absolute Gasteiger partial charge is 0.315 e. The van der Waals surface area contributed by atoms with Gasteiger partial charge in [-0.1, -0.05) is 97.9 Å². The third-order valence-electron chi connectivity index (χ3n) is 15.9. The number of nitrogens with one attached hydrogen (secondary N) is 5. The standard InChI is InChI=1S/C37H55N7O3S.C34H39N5O.2Ni/c1-5-44(4)18-9-19-47-31-16-15-29(34(45)21-31)22-39-24-30(41-23-28-14-13-26(2)20-32(28)38)11-6-7-17-40-27(3)10-8-12-35-36-33(25-48-35)42-37(46)43-36;1-38(2,3)29-19-15-25(16-20-29)33(36-23-27-11-7-9-13-31(27)35)34(37-24-28-12-8-10-14-32(28)40)26-17-21-30(22-18-26)39(4,5)6;;/h13-16,20-23,30,33,35-36,40H,3,5-12,17-19,24-25H2,1-2,4H3,(H5,38,39,41,42,43,45,46);7-24,33-34H,1-6H3,(H-2,35,36,37,40);;. The van der Waals surface area contributed by atoms with Crippen LogP contribution in [-0.2, 0) is 33.0 Å². The van der Waals surface area contributed by atoms with Crippen LogP contribution in [0.25, 0.3) is 11.5 Å². The molecule has 0 aromatic heterocycles. The van der Waals surface area contributed by atoms with Crippen LogP contribution in [-0.4, -0.2) is 157 Å². The number of quaternary nitrogens is 2. The molecule has 7 N–H and O–H groups in total. The Morgan fingerprint density at radius 1 is 0.722 bits per heavy atom. The zero-order chi connectivity index (χ0) is 63.2. The summed E-state index contributed by atoms with van der Waals surface area (Å²) in [5.41, 5.74) is 26.9. The number of aliphatic imine (C=N–C) groups is 4. The number of nitrogens with zero attached hydrogens (tertiary/aromatic N) is 7. The number of hydrogen-bond donors (Lipinski definition) is 5. The van der Waals surface area contributed by atoms with Gasteiger partial charge in [0.2, 0.25) is 0 Å². The van der Waals surface area contributed by atoms with Gasteiger partial charge in [0, 0.05) is 105 Å². The Balaban J connectivity index is 0.000000325. The first kappa shape index (κ1) is 73.8. The minimum absolute atomic E-state index is 0. The van der Waals surface area contributed by atoms with Gasteiger partial charge < -0.3 is 47.3 Å². The van der Waals surface area contributed by atoms with Crippen molar-refractivity contribution < 1.29 is 52.7 Å². The summed E-state index contributed by atoms with van der Waals surface area (Å²) in [5.74, 6) is 1.96. The van der Waals surface area contributed by atoms with Crippen LogP contribution in [0.2, 0.25) is 0 Å². The average molecular weight is 1330 g/mol. The number of fused-ring (bicyclic) bond motifs is 1. The molecule has 8 rings (SSSR count). The molecule has 488 valence electrons. The Labute approximate surface area is 559 Å². The van der Waals surface area contributed by atoms with E-state index in [1.807, 2.05) is 79.3 Å². The van der Waals surface area contributed by atoms with Gasteiger partial charge in [0.1, 0.15) is 40.7 Å². The van der Waals surface area contributed by atoms with Crippen molar-refractivity contribution in [1.29, 1.82) is 0 Å². The number of para-hydroxylation sites is 1. The van der Waals surface area contributed by atoms with Gasteiger partial charge in [0.25, 0.3) is 0 Å². The molecule has 0 saturated carbocycles. The van der Waals surface area contributed by atoms with Gasteiger partial charge in [-0.3, -0.25) is 28.9 Å². The van der Waals surface area contributed by atoms with Crippen LogP contribution < -0.4 is 29.7 Å². The second-order valence-electron chi connectivity index (χ2n) is 24.7. The van der Waals surface area contributed by atoms with Crippen LogP contribution in [0, 0.1) is 6.92 Å². The third kappa shape index (κ3) is 23.1. The molecule has 2 fully saturated rings. The molecule has 0 bridgehead atoms. The predicted octanol–water partition coefficient (Wildman–Crippen LogP) is 14.1. The fourth-order valence-corrected chi connectivity index (χ4v) is 11.9. The van der Waals surface area contributed by atoms with E-state index in [2.05, 4.69) is 137 Å². The largest absolute Gasteiger partial charge is 0.698 e. The SMILES string of the molecule is C=C(CCCC1SCC2NC(=O)NC21)NCCCCC(CN=Cc1ccc(OCCCN(C)CC)cc1O)N=Cc1ccc(C)cc1[NH-].C[N+](C)(C)c1ccc(C(N=Cc2ccccc2[NH-])C(N=Cc2ccccc2O)c2ccc([N+](C)(C)C)cc2)cc1.[Ni].[Ni]. The predicted molar refractivity (Wildman–Crippen MR) is 372 cm³/mol. The van der Waals surface area contributed by atoms with Crippen LogP contribution in [0.15, 0.2) is 166 Å². The fraction of sp³-hybridized carbons (Fsp3) is 0.394. The number of benzene rings is 6. The maximum absolute atomic E-state index is 11.6. The van der Waals surface area contributed by atoms with Crippen molar-refractivity contribution in [3.05, 3.63) is 196 Å². The molecule has 6 aromatic rings. The number of phenols is 2. The molecule has 2 saturated heterocycles. The number of carbonyl (C=O) groups excluding carboxylic acids is 1. The van der Waals surface area contributed by atoms with Gasteiger partial charge in [0.05, 0.1) is 73.6 Å². The van der Waals surface area contributed by atoms with Crippen LogP contribution in [0.1, 0.15) is 103 Å². The van der Waals surface area contributed by atoms with Crippen molar-refractivity contribution in [2.75, 3.05) is 87.9 Å². The van der Waals surface area contributed by atoms with Crippen molar-refractivity contribution >= 4 is 65.4 Å². The summed E-state index contributed by atoms with van der Waals surface area (Å²) in [6, 6.07) is 42.5. The molecule has 6 unspecified atom stereocenters. The maximum Gasteiger partial charge on any atom is 0.315 e. The Hall–Kier alpha value is -6.97. The molecule has 6 atom stereocenters. The van der Waals surface area contributed by atoms with Gasteiger partial charge in [-0.15, -0.1) is 11.4 Å².